The van der Waals surface area contributed by atoms with Crippen LogP contribution in [0.5, 0.6) is 0 Å². The Morgan fingerprint density at radius 2 is 2.00 bits per heavy atom. The summed E-state index contributed by atoms with van der Waals surface area (Å²) in [5.41, 5.74) is 0.870. The summed E-state index contributed by atoms with van der Waals surface area (Å²) in [6.07, 6.45) is 1.60. The second kappa shape index (κ2) is 5.53. The highest BCUT2D eigenvalue weighted by Crippen LogP contribution is 2.25. The van der Waals surface area contributed by atoms with Crippen LogP contribution in [0.25, 0.3) is 11.0 Å². The first-order valence-electron chi connectivity index (χ1n) is 6.66. The van der Waals surface area contributed by atoms with Gasteiger partial charge in [0.2, 0.25) is 0 Å². The molecule has 0 spiro atoms. The summed E-state index contributed by atoms with van der Waals surface area (Å²) in [6, 6.07) is 13.3. The van der Waals surface area contributed by atoms with E-state index in [1.807, 2.05) is 49.4 Å². The lowest BCUT2D eigenvalue weighted by molar-refractivity contribution is 0.213. The Morgan fingerprint density at radius 1 is 1.15 bits per heavy atom. The van der Waals surface area contributed by atoms with E-state index >= 15 is 0 Å². The van der Waals surface area contributed by atoms with Crippen molar-refractivity contribution in [2.24, 2.45) is 0 Å². The first-order valence-corrected chi connectivity index (χ1v) is 6.66. The largest absolute Gasteiger partial charge is 0.468 e. The van der Waals surface area contributed by atoms with Crippen LogP contribution < -0.4 is 5.32 Å². The van der Waals surface area contributed by atoms with E-state index in [0.717, 1.165) is 22.5 Å². The second-order valence-corrected chi connectivity index (χ2v) is 4.83. The molecule has 2 aromatic heterocycles. The maximum atomic E-state index is 9.48. The van der Waals surface area contributed by atoms with Gasteiger partial charge in [-0.05, 0) is 31.2 Å². The van der Waals surface area contributed by atoms with Crippen LogP contribution in [0.1, 0.15) is 30.5 Å². The molecule has 2 atom stereocenters. The van der Waals surface area contributed by atoms with Crippen molar-refractivity contribution in [1.82, 2.24) is 5.32 Å². The minimum atomic E-state index is -0.242. The molecule has 0 aliphatic rings. The molecule has 104 valence electrons. The van der Waals surface area contributed by atoms with E-state index in [2.05, 4.69) is 5.32 Å². The summed E-state index contributed by atoms with van der Waals surface area (Å²) in [6.45, 7) is 1.97. The standard InChI is InChI=1S/C16H17NO3/c1-11(17-13(10-18)15-7-4-8-19-15)16-9-12-5-2-3-6-14(12)20-16/h2-9,11,13,17-18H,10H2,1H3. The molecule has 2 unspecified atom stereocenters. The maximum absolute atomic E-state index is 9.48. The molecule has 0 saturated heterocycles. The summed E-state index contributed by atoms with van der Waals surface area (Å²) in [5, 5.41) is 13.9. The molecule has 0 radical (unpaired) electrons. The first kappa shape index (κ1) is 13.0. The molecule has 0 bridgehead atoms. The van der Waals surface area contributed by atoms with Crippen LogP contribution in [0.4, 0.5) is 0 Å². The molecule has 0 amide bonds. The lowest BCUT2D eigenvalue weighted by atomic mass is 10.1. The molecule has 20 heavy (non-hydrogen) atoms. The van der Waals surface area contributed by atoms with Crippen LogP contribution in [0, 0.1) is 0 Å². The number of hydrogen-bond donors (Lipinski definition) is 2. The fourth-order valence-electron chi connectivity index (χ4n) is 2.31. The lowest BCUT2D eigenvalue weighted by Crippen LogP contribution is -2.26. The van der Waals surface area contributed by atoms with Gasteiger partial charge in [0, 0.05) is 5.39 Å². The molecule has 0 fully saturated rings. The summed E-state index contributed by atoms with van der Waals surface area (Å²) >= 11 is 0. The van der Waals surface area contributed by atoms with Crippen LogP contribution in [-0.4, -0.2) is 11.7 Å². The lowest BCUT2D eigenvalue weighted by Gasteiger charge is -2.18. The Balaban J connectivity index is 1.79. The zero-order valence-electron chi connectivity index (χ0n) is 11.2. The second-order valence-electron chi connectivity index (χ2n) is 4.83. The van der Waals surface area contributed by atoms with Crippen LogP contribution in [0.15, 0.2) is 57.6 Å². The normalized spacial score (nSPS) is 14.5. The highest BCUT2D eigenvalue weighted by molar-refractivity contribution is 5.77. The average Bonchev–Trinajstić information content (AvgIpc) is 3.13. The van der Waals surface area contributed by atoms with Crippen molar-refractivity contribution >= 4 is 11.0 Å². The van der Waals surface area contributed by atoms with Gasteiger partial charge in [0.25, 0.3) is 0 Å². The summed E-state index contributed by atoms with van der Waals surface area (Å²) in [4.78, 5) is 0. The van der Waals surface area contributed by atoms with Crippen LogP contribution in [0.2, 0.25) is 0 Å². The zero-order chi connectivity index (χ0) is 13.9. The van der Waals surface area contributed by atoms with E-state index in [1.165, 1.54) is 0 Å². The van der Waals surface area contributed by atoms with E-state index in [-0.39, 0.29) is 18.7 Å². The zero-order valence-corrected chi connectivity index (χ0v) is 11.2. The number of benzene rings is 1. The van der Waals surface area contributed by atoms with Gasteiger partial charge in [-0.2, -0.15) is 0 Å². The number of furan rings is 2. The molecule has 0 aliphatic carbocycles. The molecule has 1 aromatic carbocycles. The Hall–Kier alpha value is -2.04. The quantitative estimate of drug-likeness (QED) is 0.746. The van der Waals surface area contributed by atoms with Crippen molar-refractivity contribution in [3.05, 3.63) is 60.2 Å². The summed E-state index contributed by atoms with van der Waals surface area (Å²) < 4.78 is 11.1. The topological polar surface area (TPSA) is 58.5 Å². The summed E-state index contributed by atoms with van der Waals surface area (Å²) in [5.74, 6) is 1.56. The molecule has 0 saturated carbocycles. The van der Waals surface area contributed by atoms with E-state index in [4.69, 9.17) is 8.83 Å². The number of aliphatic hydroxyl groups excluding tert-OH is 1. The highest BCUT2D eigenvalue weighted by atomic mass is 16.3. The van der Waals surface area contributed by atoms with Crippen LogP contribution in [-0.2, 0) is 0 Å². The van der Waals surface area contributed by atoms with Crippen molar-refractivity contribution in [2.75, 3.05) is 6.61 Å². The van der Waals surface area contributed by atoms with E-state index < -0.39 is 0 Å². The minimum Gasteiger partial charge on any atom is -0.468 e. The molecule has 4 heteroatoms. The van der Waals surface area contributed by atoms with Crippen LogP contribution >= 0.6 is 0 Å². The minimum absolute atomic E-state index is 0.0235. The number of rotatable bonds is 5. The van der Waals surface area contributed by atoms with Gasteiger partial charge in [-0.15, -0.1) is 0 Å². The SMILES string of the molecule is CC(NC(CO)c1ccco1)c1cc2ccccc2o1. The number of hydrogen-bond acceptors (Lipinski definition) is 4. The predicted molar refractivity (Wildman–Crippen MR) is 76.3 cm³/mol. The predicted octanol–water partition coefficient (Wildman–Crippen LogP) is 3.41. The fraction of sp³-hybridized carbons (Fsp3) is 0.250. The van der Waals surface area contributed by atoms with E-state index in [0.29, 0.717) is 0 Å². The first-order chi connectivity index (χ1) is 9.78. The monoisotopic (exact) mass is 271 g/mol. The van der Waals surface area contributed by atoms with Crippen LogP contribution in [0.3, 0.4) is 0 Å². The molecule has 2 N–H and O–H groups in total. The number of para-hydroxylation sites is 1. The van der Waals surface area contributed by atoms with Crippen molar-refractivity contribution in [3.8, 4) is 0 Å². The molecule has 3 aromatic rings. The van der Waals surface area contributed by atoms with Crippen molar-refractivity contribution in [2.45, 2.75) is 19.0 Å². The molecular formula is C16H17NO3. The van der Waals surface area contributed by atoms with Crippen molar-refractivity contribution in [1.29, 1.82) is 0 Å². The van der Waals surface area contributed by atoms with E-state index in [9.17, 15) is 5.11 Å². The molecule has 2 heterocycles. The van der Waals surface area contributed by atoms with Gasteiger partial charge < -0.3 is 13.9 Å². The maximum Gasteiger partial charge on any atom is 0.134 e. The van der Waals surface area contributed by atoms with Crippen molar-refractivity contribution < 1.29 is 13.9 Å². The average molecular weight is 271 g/mol. The Morgan fingerprint density at radius 3 is 2.70 bits per heavy atom. The molecule has 4 nitrogen and oxygen atoms in total. The summed E-state index contributed by atoms with van der Waals surface area (Å²) in [7, 11) is 0. The fourth-order valence-corrected chi connectivity index (χ4v) is 2.31. The number of nitrogens with one attached hydrogen (secondary N) is 1. The number of aliphatic hydroxyl groups is 1. The Labute approximate surface area is 117 Å². The van der Waals surface area contributed by atoms with Gasteiger partial charge in [0.1, 0.15) is 17.1 Å². The van der Waals surface area contributed by atoms with Gasteiger partial charge in [-0.1, -0.05) is 18.2 Å². The Bertz CT molecular complexity index is 639. The van der Waals surface area contributed by atoms with Gasteiger partial charge in [-0.3, -0.25) is 5.32 Å². The van der Waals surface area contributed by atoms with Crippen molar-refractivity contribution in [3.63, 3.8) is 0 Å². The third kappa shape index (κ3) is 2.48. The molecule has 3 rings (SSSR count). The smallest absolute Gasteiger partial charge is 0.134 e. The molecule has 0 aliphatic heterocycles. The Kier molecular flexibility index (Phi) is 3.58. The third-order valence-corrected chi connectivity index (χ3v) is 3.39. The van der Waals surface area contributed by atoms with E-state index in [1.54, 1.807) is 6.26 Å². The number of fused-ring (bicyclic) bond motifs is 1. The van der Waals surface area contributed by atoms with Gasteiger partial charge in [0.05, 0.1) is 25.0 Å². The van der Waals surface area contributed by atoms with Gasteiger partial charge >= 0.3 is 0 Å². The third-order valence-electron chi connectivity index (χ3n) is 3.39. The highest BCUT2D eigenvalue weighted by Gasteiger charge is 2.19. The molecular weight excluding hydrogens is 254 g/mol. The van der Waals surface area contributed by atoms with Gasteiger partial charge in [-0.25, -0.2) is 0 Å². The van der Waals surface area contributed by atoms with Gasteiger partial charge in [0.15, 0.2) is 0 Å².